The molecule has 19 nitrogen and oxygen atoms in total. The average Bonchev–Trinajstić information content (AvgIpc) is 3.25. The second kappa shape index (κ2) is 23.8. The Balaban J connectivity index is 1.72. The quantitative estimate of drug-likeness (QED) is 0.111. The summed E-state index contributed by atoms with van der Waals surface area (Å²) in [4.78, 5) is 31.1. The highest BCUT2D eigenvalue weighted by Gasteiger charge is 2.53. The van der Waals surface area contributed by atoms with E-state index in [-0.39, 0.29) is 68.3 Å². The van der Waals surface area contributed by atoms with Crippen LogP contribution in [0.1, 0.15) is 107 Å². The van der Waals surface area contributed by atoms with E-state index < -0.39 is 112 Å². The van der Waals surface area contributed by atoms with Crippen LogP contribution in [0.5, 0.6) is 0 Å². The van der Waals surface area contributed by atoms with Crippen molar-refractivity contribution in [3.8, 4) is 0 Å². The lowest BCUT2D eigenvalue weighted by molar-refractivity contribution is -0.318. The van der Waals surface area contributed by atoms with Gasteiger partial charge in [-0.2, -0.15) is 0 Å². The number of carbonyl (C=O) groups is 2. The maximum absolute atomic E-state index is 14.5. The van der Waals surface area contributed by atoms with E-state index in [2.05, 4.69) is 5.32 Å². The van der Waals surface area contributed by atoms with Gasteiger partial charge in [-0.3, -0.25) is 9.69 Å². The normalized spacial score (nSPS) is 40.8. The Labute approximate surface area is 404 Å². The molecular weight excluding hydrogens is 905 g/mol. The molecule has 4 rings (SSSR count). The standard InChI is InChI=1S/C48H84N4O15S/c1-15-36-48(11,59)40(54)32(7)52(22-16-21-49-45(57)50-68(60,61)34-19-17-27(2)18-20-34)26-28(3)24-46(9,58)42(67-44-38(53)35(51(12)13)23-29(4)63-44)30(5)39(31(6)43(56)65-36)66-37-25-47(10,62-14)41(55)33(8)64-37/h17-20,28-33,35-42,44,53-55,58-59H,15-16,21-26H2,1-14H3,(H2,49,50,57)/t28-,29+,30-,31-,32-,33-,35+,36-,37?,38+,39+,40-,41-,42-,44-,46-,47+,48-/m1/s1. The second-order valence-corrected chi connectivity index (χ2v) is 22.4. The van der Waals surface area contributed by atoms with Gasteiger partial charge in [0.15, 0.2) is 12.6 Å². The highest BCUT2D eigenvalue weighted by atomic mass is 32.2. The van der Waals surface area contributed by atoms with Gasteiger partial charge in [-0.15, -0.1) is 0 Å². The average molecular weight is 989 g/mol. The summed E-state index contributed by atoms with van der Waals surface area (Å²) in [5.74, 6) is -3.08. The van der Waals surface area contributed by atoms with Crippen molar-refractivity contribution in [3.63, 3.8) is 0 Å². The number of rotatable bonds is 13. The Hall–Kier alpha value is -2.57. The zero-order valence-electron chi connectivity index (χ0n) is 42.7. The minimum absolute atomic E-state index is 0.0427. The fraction of sp³-hybridized carbons (Fsp3) is 0.833. The third kappa shape index (κ3) is 14.1. The number of hydrogen-bond donors (Lipinski definition) is 7. The molecule has 0 aromatic heterocycles. The molecule has 3 heterocycles. The molecule has 68 heavy (non-hydrogen) atoms. The lowest BCUT2D eigenvalue weighted by Crippen LogP contribution is -2.60. The fourth-order valence-electron chi connectivity index (χ4n) is 10.3. The van der Waals surface area contributed by atoms with Gasteiger partial charge in [-0.1, -0.05) is 38.5 Å². The van der Waals surface area contributed by atoms with Crippen molar-refractivity contribution < 1.29 is 72.0 Å². The highest BCUT2D eigenvalue weighted by Crippen LogP contribution is 2.40. The number of aryl methyl sites for hydroxylation is 1. The first-order valence-electron chi connectivity index (χ1n) is 24.1. The first-order valence-corrected chi connectivity index (χ1v) is 25.6. The molecule has 2 amide bonds. The van der Waals surface area contributed by atoms with Gasteiger partial charge < -0.3 is 64.2 Å². The minimum Gasteiger partial charge on any atom is -0.459 e. The number of aliphatic hydroxyl groups is 5. The van der Waals surface area contributed by atoms with E-state index in [0.29, 0.717) is 6.42 Å². The smallest absolute Gasteiger partial charge is 0.328 e. The van der Waals surface area contributed by atoms with Gasteiger partial charge in [0, 0.05) is 51.2 Å². The molecule has 0 saturated carbocycles. The van der Waals surface area contributed by atoms with E-state index in [0.717, 1.165) is 5.56 Å². The molecule has 0 aliphatic carbocycles. The molecule has 18 atom stereocenters. The summed E-state index contributed by atoms with van der Waals surface area (Å²) in [6, 6.07) is 4.03. The minimum atomic E-state index is -4.13. The Morgan fingerprint density at radius 1 is 0.956 bits per heavy atom. The number of methoxy groups -OCH3 is 1. The molecule has 1 unspecified atom stereocenters. The number of cyclic esters (lactones) is 1. The molecule has 1 aromatic rings. The fourth-order valence-corrected chi connectivity index (χ4v) is 11.2. The van der Waals surface area contributed by atoms with Crippen LogP contribution in [0.4, 0.5) is 4.79 Å². The van der Waals surface area contributed by atoms with E-state index in [1.165, 1.54) is 26.2 Å². The third-order valence-corrected chi connectivity index (χ3v) is 15.8. The molecule has 3 fully saturated rings. The number of sulfonamides is 1. The van der Waals surface area contributed by atoms with E-state index in [9.17, 15) is 43.5 Å². The lowest BCUT2D eigenvalue weighted by Gasteiger charge is -2.48. The number of ether oxygens (including phenoxy) is 6. The topological polar surface area (TPSA) is 255 Å². The largest absolute Gasteiger partial charge is 0.459 e. The van der Waals surface area contributed by atoms with Crippen LogP contribution in [0, 0.1) is 24.7 Å². The van der Waals surface area contributed by atoms with Crippen LogP contribution in [-0.4, -0.2) is 187 Å². The van der Waals surface area contributed by atoms with Gasteiger partial charge in [-0.05, 0) is 113 Å². The van der Waals surface area contributed by atoms with Crippen LogP contribution < -0.4 is 10.0 Å². The second-order valence-electron chi connectivity index (χ2n) is 20.7. The third-order valence-electron chi connectivity index (χ3n) is 14.5. The summed E-state index contributed by atoms with van der Waals surface area (Å²) < 4.78 is 65.6. The Kier molecular flexibility index (Phi) is 20.3. The lowest BCUT2D eigenvalue weighted by atomic mass is 9.77. The first-order chi connectivity index (χ1) is 31.5. The van der Waals surface area contributed by atoms with Crippen molar-refractivity contribution in [2.75, 3.05) is 40.8 Å². The molecule has 20 heteroatoms. The summed E-state index contributed by atoms with van der Waals surface area (Å²) in [6.45, 7) is 19.4. The Morgan fingerprint density at radius 2 is 1.59 bits per heavy atom. The summed E-state index contributed by atoms with van der Waals surface area (Å²) >= 11 is 0. The van der Waals surface area contributed by atoms with Gasteiger partial charge in [0.1, 0.15) is 30.0 Å². The van der Waals surface area contributed by atoms with Crippen LogP contribution in [0.25, 0.3) is 0 Å². The molecule has 3 aliphatic rings. The monoisotopic (exact) mass is 989 g/mol. The maximum Gasteiger partial charge on any atom is 0.328 e. The number of hydrogen-bond acceptors (Lipinski definition) is 17. The summed E-state index contributed by atoms with van der Waals surface area (Å²) in [6.07, 6.45) is -9.31. The number of nitrogens with zero attached hydrogens (tertiary/aromatic N) is 2. The predicted octanol–water partition coefficient (Wildman–Crippen LogP) is 2.66. The summed E-state index contributed by atoms with van der Waals surface area (Å²) in [5.41, 5.74) is -3.93. The Morgan fingerprint density at radius 3 is 2.18 bits per heavy atom. The zero-order chi connectivity index (χ0) is 51.3. The number of aliphatic hydroxyl groups excluding tert-OH is 3. The molecule has 7 N–H and O–H groups in total. The van der Waals surface area contributed by atoms with E-state index in [4.69, 9.17) is 28.4 Å². The molecule has 0 spiro atoms. The van der Waals surface area contributed by atoms with Crippen molar-refractivity contribution in [2.24, 2.45) is 17.8 Å². The van der Waals surface area contributed by atoms with Crippen molar-refractivity contribution in [3.05, 3.63) is 29.8 Å². The Bertz CT molecular complexity index is 1890. The van der Waals surface area contributed by atoms with Crippen molar-refractivity contribution >= 4 is 22.0 Å². The van der Waals surface area contributed by atoms with Gasteiger partial charge in [-0.25, -0.2) is 17.9 Å². The number of esters is 1. The van der Waals surface area contributed by atoms with E-state index in [1.54, 1.807) is 60.6 Å². The number of urea groups is 1. The van der Waals surface area contributed by atoms with E-state index >= 15 is 0 Å². The summed E-state index contributed by atoms with van der Waals surface area (Å²) in [5, 5.41) is 62.4. The summed E-state index contributed by atoms with van der Waals surface area (Å²) in [7, 11) is 1.06. The molecule has 0 radical (unpaired) electrons. The van der Waals surface area contributed by atoms with Crippen LogP contribution in [0.15, 0.2) is 29.2 Å². The molecule has 3 saturated heterocycles. The number of amides is 2. The van der Waals surface area contributed by atoms with Crippen LogP contribution in [-0.2, 0) is 43.2 Å². The predicted molar refractivity (Wildman–Crippen MR) is 253 cm³/mol. The van der Waals surface area contributed by atoms with Gasteiger partial charge in [0.05, 0.1) is 46.4 Å². The number of benzene rings is 1. The highest BCUT2D eigenvalue weighted by molar-refractivity contribution is 7.90. The SMILES string of the molecule is CC[C@H]1OC(=O)[C@H](C)[C@@H](OC2C[C@](C)(OC)[C@H](O)[C@@H](C)O2)[C@@H](C)[C@@H](O[C@H]2O[C@@H](C)C[C@H](N(C)C)[C@@H]2O)[C@](C)(O)C[C@@H](C)CN(CCCNC(=O)NS(=O)(=O)c2ccc(C)cc2)[C@H](C)[C@@H](O)[C@]1(C)O. The molecule has 3 aliphatic heterocycles. The van der Waals surface area contributed by atoms with E-state index in [1.807, 2.05) is 49.4 Å². The van der Waals surface area contributed by atoms with Crippen LogP contribution in [0.2, 0.25) is 0 Å². The number of nitrogens with one attached hydrogen (secondary N) is 2. The number of carbonyl (C=O) groups excluding carboxylic acids is 2. The van der Waals surface area contributed by atoms with Gasteiger partial charge >= 0.3 is 12.0 Å². The maximum atomic E-state index is 14.5. The zero-order valence-corrected chi connectivity index (χ0v) is 43.6. The number of likely N-dealkylation sites (N-methyl/N-ethyl adjacent to an activating group) is 1. The van der Waals surface area contributed by atoms with Crippen LogP contribution >= 0.6 is 0 Å². The van der Waals surface area contributed by atoms with Gasteiger partial charge in [0.2, 0.25) is 0 Å². The van der Waals surface area contributed by atoms with Crippen molar-refractivity contribution in [1.29, 1.82) is 0 Å². The molecule has 392 valence electrons. The van der Waals surface area contributed by atoms with Crippen LogP contribution in [0.3, 0.4) is 0 Å². The van der Waals surface area contributed by atoms with Crippen molar-refractivity contribution in [1.82, 2.24) is 19.8 Å². The molecule has 1 aromatic carbocycles. The molecular formula is C48H84N4O15S. The van der Waals surface area contributed by atoms with Crippen molar-refractivity contribution in [2.45, 2.75) is 203 Å². The van der Waals surface area contributed by atoms with Gasteiger partial charge in [0.25, 0.3) is 10.0 Å². The first kappa shape index (κ1) is 58.0. The molecule has 0 bridgehead atoms.